The monoisotopic (exact) mass is 276 g/mol. The molecule has 2 rings (SSSR count). The number of aryl methyl sites for hydroxylation is 1. The highest BCUT2D eigenvalue weighted by molar-refractivity contribution is 5.95. The van der Waals surface area contributed by atoms with Crippen LogP contribution in [0.25, 0.3) is 0 Å². The van der Waals surface area contributed by atoms with Gasteiger partial charge in [-0.15, -0.1) is 0 Å². The molecule has 1 unspecified atom stereocenters. The number of nitrogens with zero attached hydrogens (tertiary/aromatic N) is 1. The zero-order chi connectivity index (χ0) is 14.7. The Bertz CT molecular complexity index is 528. The molecule has 0 saturated heterocycles. The van der Waals surface area contributed by atoms with E-state index in [0.717, 1.165) is 30.8 Å². The van der Waals surface area contributed by atoms with Gasteiger partial charge in [-0.2, -0.15) is 0 Å². The fourth-order valence-corrected chi connectivity index (χ4v) is 2.33. The van der Waals surface area contributed by atoms with Crippen molar-refractivity contribution < 1.29 is 14.3 Å². The van der Waals surface area contributed by atoms with Gasteiger partial charge in [0.15, 0.2) is 0 Å². The Labute approximate surface area is 118 Å². The lowest BCUT2D eigenvalue weighted by molar-refractivity contribution is -0.118. The van der Waals surface area contributed by atoms with Gasteiger partial charge in [0.05, 0.1) is 6.61 Å². The molecule has 0 bridgehead atoms. The Balaban J connectivity index is 2.14. The molecule has 0 radical (unpaired) electrons. The third-order valence-corrected chi connectivity index (χ3v) is 3.63. The van der Waals surface area contributed by atoms with Gasteiger partial charge in [0.2, 0.25) is 5.91 Å². The zero-order valence-corrected chi connectivity index (χ0v) is 11.9. The number of hydrogen-bond donors (Lipinski definition) is 1. The molecule has 0 spiro atoms. The quantitative estimate of drug-likeness (QED) is 0.902. The van der Waals surface area contributed by atoms with Crippen LogP contribution < -0.4 is 10.5 Å². The minimum atomic E-state index is -0.406. The van der Waals surface area contributed by atoms with E-state index < -0.39 is 5.91 Å². The first kappa shape index (κ1) is 14.4. The van der Waals surface area contributed by atoms with E-state index in [9.17, 15) is 9.59 Å². The first-order valence-corrected chi connectivity index (χ1v) is 6.80. The van der Waals surface area contributed by atoms with Crippen LogP contribution in [0.5, 0.6) is 5.75 Å². The molecular weight excluding hydrogens is 256 g/mol. The summed E-state index contributed by atoms with van der Waals surface area (Å²) in [6.45, 7) is 2.54. The second-order valence-electron chi connectivity index (χ2n) is 5.21. The minimum absolute atomic E-state index is 0.105. The standard InChI is InChI=1S/C15H20N2O3/c1-10(8-14(16)18)17(2)15(19)12-5-6-13-11(9-12)4-3-7-20-13/h5-6,9-10H,3-4,7-8H2,1-2H3,(H2,16,18). The fourth-order valence-electron chi connectivity index (χ4n) is 2.33. The lowest BCUT2D eigenvalue weighted by Crippen LogP contribution is -2.37. The smallest absolute Gasteiger partial charge is 0.253 e. The second kappa shape index (κ2) is 5.94. The maximum Gasteiger partial charge on any atom is 0.253 e. The summed E-state index contributed by atoms with van der Waals surface area (Å²) >= 11 is 0. The summed E-state index contributed by atoms with van der Waals surface area (Å²) < 4.78 is 5.53. The van der Waals surface area contributed by atoms with Gasteiger partial charge in [-0.05, 0) is 43.5 Å². The molecule has 1 aliphatic heterocycles. The van der Waals surface area contributed by atoms with Gasteiger partial charge in [0.25, 0.3) is 5.91 Å². The molecule has 2 N–H and O–H groups in total. The Morgan fingerprint density at radius 1 is 1.45 bits per heavy atom. The van der Waals surface area contributed by atoms with Crippen molar-refractivity contribution in [1.29, 1.82) is 0 Å². The highest BCUT2D eigenvalue weighted by atomic mass is 16.5. The van der Waals surface area contributed by atoms with Crippen molar-refractivity contribution in [2.75, 3.05) is 13.7 Å². The van der Waals surface area contributed by atoms with Gasteiger partial charge in [0.1, 0.15) is 5.75 Å². The first-order valence-electron chi connectivity index (χ1n) is 6.80. The highest BCUT2D eigenvalue weighted by Gasteiger charge is 2.20. The third-order valence-electron chi connectivity index (χ3n) is 3.63. The molecule has 2 amide bonds. The number of amides is 2. The Hall–Kier alpha value is -2.04. The fraction of sp³-hybridized carbons (Fsp3) is 0.467. The summed E-state index contributed by atoms with van der Waals surface area (Å²) in [5.41, 5.74) is 6.85. The van der Waals surface area contributed by atoms with Gasteiger partial charge in [0, 0.05) is 25.1 Å². The number of benzene rings is 1. The molecule has 20 heavy (non-hydrogen) atoms. The van der Waals surface area contributed by atoms with Crippen molar-refractivity contribution in [3.8, 4) is 5.75 Å². The predicted octanol–water partition coefficient (Wildman–Crippen LogP) is 1.35. The number of carbonyl (C=O) groups excluding carboxylic acids is 2. The van der Waals surface area contributed by atoms with Crippen LogP contribution in [-0.2, 0) is 11.2 Å². The van der Waals surface area contributed by atoms with E-state index in [2.05, 4.69) is 0 Å². The van der Waals surface area contributed by atoms with Gasteiger partial charge >= 0.3 is 0 Å². The lowest BCUT2D eigenvalue weighted by Gasteiger charge is -2.25. The molecular formula is C15H20N2O3. The van der Waals surface area contributed by atoms with Crippen LogP contribution in [0, 0.1) is 0 Å². The maximum atomic E-state index is 12.4. The van der Waals surface area contributed by atoms with Gasteiger partial charge < -0.3 is 15.4 Å². The second-order valence-corrected chi connectivity index (χ2v) is 5.21. The topological polar surface area (TPSA) is 72.6 Å². The Morgan fingerprint density at radius 2 is 2.20 bits per heavy atom. The van der Waals surface area contributed by atoms with E-state index in [1.54, 1.807) is 18.0 Å². The molecule has 1 heterocycles. The number of rotatable bonds is 4. The van der Waals surface area contributed by atoms with Crippen molar-refractivity contribution in [3.05, 3.63) is 29.3 Å². The van der Waals surface area contributed by atoms with E-state index in [1.807, 2.05) is 19.1 Å². The number of hydrogen-bond acceptors (Lipinski definition) is 3. The van der Waals surface area contributed by atoms with Crippen LogP contribution in [0.3, 0.4) is 0 Å². The maximum absolute atomic E-state index is 12.4. The molecule has 5 nitrogen and oxygen atoms in total. The number of carbonyl (C=O) groups is 2. The summed E-state index contributed by atoms with van der Waals surface area (Å²) in [5.74, 6) is 0.351. The molecule has 1 aromatic rings. The van der Waals surface area contributed by atoms with Crippen LogP contribution >= 0.6 is 0 Å². The molecule has 0 aliphatic carbocycles. The Morgan fingerprint density at radius 3 is 2.90 bits per heavy atom. The highest BCUT2D eigenvalue weighted by Crippen LogP contribution is 2.26. The summed E-state index contributed by atoms with van der Waals surface area (Å²) in [6, 6.07) is 5.27. The van der Waals surface area contributed by atoms with E-state index in [1.165, 1.54) is 0 Å². The van der Waals surface area contributed by atoms with E-state index in [4.69, 9.17) is 10.5 Å². The van der Waals surface area contributed by atoms with Crippen LogP contribution in [0.15, 0.2) is 18.2 Å². The zero-order valence-electron chi connectivity index (χ0n) is 11.9. The molecule has 0 fully saturated rings. The molecule has 0 aromatic heterocycles. The predicted molar refractivity (Wildman–Crippen MR) is 75.6 cm³/mol. The van der Waals surface area contributed by atoms with Crippen LogP contribution in [-0.4, -0.2) is 36.4 Å². The van der Waals surface area contributed by atoms with Gasteiger partial charge in [-0.25, -0.2) is 0 Å². The summed E-state index contributed by atoms with van der Waals surface area (Å²) in [4.78, 5) is 24.9. The van der Waals surface area contributed by atoms with Crippen molar-refractivity contribution >= 4 is 11.8 Å². The van der Waals surface area contributed by atoms with Crippen molar-refractivity contribution in [1.82, 2.24) is 4.90 Å². The molecule has 1 aliphatic rings. The average Bonchev–Trinajstić information content (AvgIpc) is 2.44. The van der Waals surface area contributed by atoms with E-state index >= 15 is 0 Å². The summed E-state index contributed by atoms with van der Waals surface area (Å²) in [7, 11) is 1.69. The van der Waals surface area contributed by atoms with Crippen molar-refractivity contribution in [3.63, 3.8) is 0 Å². The molecule has 1 aromatic carbocycles. The van der Waals surface area contributed by atoms with Crippen LogP contribution in [0.4, 0.5) is 0 Å². The number of fused-ring (bicyclic) bond motifs is 1. The first-order chi connectivity index (χ1) is 9.49. The SMILES string of the molecule is CC(CC(N)=O)N(C)C(=O)c1ccc2c(c1)CCCO2. The minimum Gasteiger partial charge on any atom is -0.493 e. The van der Waals surface area contributed by atoms with Crippen LogP contribution in [0.1, 0.15) is 35.7 Å². The molecule has 5 heteroatoms. The average molecular weight is 276 g/mol. The summed E-state index contributed by atoms with van der Waals surface area (Å²) in [6.07, 6.45) is 2.06. The third kappa shape index (κ3) is 3.10. The normalized spacial score (nSPS) is 14.9. The molecule has 1 atom stereocenters. The van der Waals surface area contributed by atoms with Crippen molar-refractivity contribution in [2.24, 2.45) is 5.73 Å². The van der Waals surface area contributed by atoms with Gasteiger partial charge in [-0.1, -0.05) is 0 Å². The number of primary amides is 1. The Kier molecular flexibility index (Phi) is 4.27. The van der Waals surface area contributed by atoms with Gasteiger partial charge in [-0.3, -0.25) is 9.59 Å². The molecule has 108 valence electrons. The number of nitrogens with two attached hydrogens (primary N) is 1. The largest absolute Gasteiger partial charge is 0.493 e. The van der Waals surface area contributed by atoms with Crippen LogP contribution in [0.2, 0.25) is 0 Å². The van der Waals surface area contributed by atoms with E-state index in [0.29, 0.717) is 5.56 Å². The number of ether oxygens (including phenoxy) is 1. The molecule has 0 saturated carbocycles. The van der Waals surface area contributed by atoms with E-state index in [-0.39, 0.29) is 18.4 Å². The summed E-state index contributed by atoms with van der Waals surface area (Å²) in [5, 5.41) is 0. The van der Waals surface area contributed by atoms with Crippen molar-refractivity contribution in [2.45, 2.75) is 32.2 Å². The lowest BCUT2D eigenvalue weighted by atomic mass is 10.0.